The highest BCUT2D eigenvalue weighted by Crippen LogP contribution is 2.22. The van der Waals surface area contributed by atoms with Crippen molar-refractivity contribution in [2.75, 3.05) is 18.0 Å². The summed E-state index contributed by atoms with van der Waals surface area (Å²) in [5.41, 5.74) is 11.2. The number of hydrogen-bond donors (Lipinski definition) is 3. The van der Waals surface area contributed by atoms with Crippen molar-refractivity contribution in [3.8, 4) is 0 Å². The third-order valence-corrected chi connectivity index (χ3v) is 2.42. The number of amides is 2. The van der Waals surface area contributed by atoms with E-state index < -0.39 is 17.8 Å². The standard InChI is InChI=1S/C12H15N3O4/c1-7-2-3-8(12(18)19)9(4-7)15(5-10(13)16)6-11(14)17/h2-4H,5-6H2,1H3,(H2,13,16)(H2,14,17)(H,18,19). The number of aryl methyl sites for hydroxylation is 1. The Kier molecular flexibility index (Phi) is 4.46. The fraction of sp³-hybridized carbons (Fsp3) is 0.250. The van der Waals surface area contributed by atoms with Gasteiger partial charge in [-0.05, 0) is 24.6 Å². The molecule has 7 nitrogen and oxygen atoms in total. The molecule has 0 atom stereocenters. The van der Waals surface area contributed by atoms with Crippen LogP contribution >= 0.6 is 0 Å². The van der Waals surface area contributed by atoms with Crippen LogP contribution in [0, 0.1) is 6.92 Å². The highest BCUT2D eigenvalue weighted by Gasteiger charge is 2.19. The zero-order valence-electron chi connectivity index (χ0n) is 10.4. The first-order valence-electron chi connectivity index (χ1n) is 5.46. The van der Waals surface area contributed by atoms with Crippen LogP contribution < -0.4 is 16.4 Å². The van der Waals surface area contributed by atoms with Gasteiger partial charge in [-0.2, -0.15) is 0 Å². The van der Waals surface area contributed by atoms with E-state index in [2.05, 4.69) is 0 Å². The van der Waals surface area contributed by atoms with Crippen molar-refractivity contribution < 1.29 is 19.5 Å². The second-order valence-electron chi connectivity index (χ2n) is 4.11. The second-order valence-corrected chi connectivity index (χ2v) is 4.11. The fourth-order valence-electron chi connectivity index (χ4n) is 1.69. The molecule has 0 saturated heterocycles. The molecule has 1 rings (SSSR count). The molecule has 7 heteroatoms. The van der Waals surface area contributed by atoms with Gasteiger partial charge >= 0.3 is 5.97 Å². The highest BCUT2D eigenvalue weighted by atomic mass is 16.4. The zero-order valence-corrected chi connectivity index (χ0v) is 10.4. The molecule has 19 heavy (non-hydrogen) atoms. The van der Waals surface area contributed by atoms with Crippen molar-refractivity contribution in [3.63, 3.8) is 0 Å². The van der Waals surface area contributed by atoms with Crippen LogP contribution in [-0.2, 0) is 9.59 Å². The van der Waals surface area contributed by atoms with E-state index in [1.807, 2.05) is 0 Å². The monoisotopic (exact) mass is 265 g/mol. The van der Waals surface area contributed by atoms with Crippen molar-refractivity contribution in [2.24, 2.45) is 11.5 Å². The maximum Gasteiger partial charge on any atom is 0.337 e. The smallest absolute Gasteiger partial charge is 0.337 e. The van der Waals surface area contributed by atoms with Crippen LogP contribution in [0.15, 0.2) is 18.2 Å². The molecule has 0 heterocycles. The van der Waals surface area contributed by atoms with E-state index >= 15 is 0 Å². The highest BCUT2D eigenvalue weighted by molar-refractivity contribution is 5.96. The molecule has 0 aliphatic carbocycles. The molecule has 0 saturated carbocycles. The molecule has 0 aliphatic heterocycles. The largest absolute Gasteiger partial charge is 0.478 e. The Labute approximate surface area is 109 Å². The average Bonchev–Trinajstić information content (AvgIpc) is 2.26. The molecule has 0 bridgehead atoms. The minimum atomic E-state index is -1.16. The van der Waals surface area contributed by atoms with E-state index in [0.29, 0.717) is 0 Å². The Bertz CT molecular complexity index is 512. The first-order chi connectivity index (χ1) is 8.81. The number of carbonyl (C=O) groups excluding carboxylic acids is 2. The number of rotatable bonds is 6. The van der Waals surface area contributed by atoms with Gasteiger partial charge < -0.3 is 21.5 Å². The molecule has 0 unspecified atom stereocenters. The molecular formula is C12H15N3O4. The van der Waals surface area contributed by atoms with E-state index in [-0.39, 0.29) is 24.3 Å². The van der Waals surface area contributed by atoms with Gasteiger partial charge in [0.15, 0.2) is 0 Å². The predicted molar refractivity (Wildman–Crippen MR) is 68.7 cm³/mol. The Morgan fingerprint density at radius 1 is 1.16 bits per heavy atom. The van der Waals surface area contributed by atoms with Gasteiger partial charge in [0.2, 0.25) is 11.8 Å². The molecule has 0 radical (unpaired) electrons. The lowest BCUT2D eigenvalue weighted by atomic mass is 10.1. The molecule has 0 spiro atoms. The number of carboxylic acid groups (broad SMARTS) is 1. The van der Waals surface area contributed by atoms with Crippen LogP contribution in [-0.4, -0.2) is 36.0 Å². The lowest BCUT2D eigenvalue weighted by Crippen LogP contribution is -2.40. The van der Waals surface area contributed by atoms with E-state index in [1.54, 1.807) is 19.1 Å². The molecule has 2 amide bonds. The fourth-order valence-corrected chi connectivity index (χ4v) is 1.69. The number of nitrogens with two attached hydrogens (primary N) is 2. The summed E-state index contributed by atoms with van der Waals surface area (Å²) in [6.45, 7) is 1.20. The van der Waals surface area contributed by atoms with E-state index in [9.17, 15) is 14.4 Å². The lowest BCUT2D eigenvalue weighted by molar-refractivity contribution is -0.117. The molecule has 102 valence electrons. The van der Waals surface area contributed by atoms with Crippen molar-refractivity contribution in [1.82, 2.24) is 0 Å². The van der Waals surface area contributed by atoms with Crippen molar-refractivity contribution >= 4 is 23.5 Å². The summed E-state index contributed by atoms with van der Waals surface area (Å²) >= 11 is 0. The normalized spacial score (nSPS) is 9.95. The van der Waals surface area contributed by atoms with Crippen LogP contribution in [0.2, 0.25) is 0 Å². The van der Waals surface area contributed by atoms with Crippen LogP contribution in [0.4, 0.5) is 5.69 Å². The minimum absolute atomic E-state index is 0.0203. The van der Waals surface area contributed by atoms with E-state index in [4.69, 9.17) is 16.6 Å². The number of aromatic carboxylic acids is 1. The Morgan fingerprint density at radius 3 is 2.11 bits per heavy atom. The number of benzene rings is 1. The molecule has 5 N–H and O–H groups in total. The third-order valence-electron chi connectivity index (χ3n) is 2.42. The van der Waals surface area contributed by atoms with E-state index in [1.165, 1.54) is 11.0 Å². The topological polar surface area (TPSA) is 127 Å². The summed E-state index contributed by atoms with van der Waals surface area (Å²) in [5, 5.41) is 9.11. The molecule has 1 aromatic rings. The minimum Gasteiger partial charge on any atom is -0.478 e. The molecule has 1 aromatic carbocycles. The number of anilines is 1. The third kappa shape index (κ3) is 3.98. The first kappa shape index (κ1) is 14.5. The van der Waals surface area contributed by atoms with Gasteiger partial charge in [-0.25, -0.2) is 4.79 Å². The van der Waals surface area contributed by atoms with Gasteiger partial charge in [0, 0.05) is 0 Å². The van der Waals surface area contributed by atoms with Gasteiger partial charge in [0.1, 0.15) is 0 Å². The second kappa shape index (κ2) is 5.85. The quantitative estimate of drug-likeness (QED) is 0.637. The van der Waals surface area contributed by atoms with E-state index in [0.717, 1.165) is 5.56 Å². The van der Waals surface area contributed by atoms with Gasteiger partial charge in [-0.15, -0.1) is 0 Å². The van der Waals surface area contributed by atoms with Gasteiger partial charge in [0.05, 0.1) is 24.3 Å². The van der Waals surface area contributed by atoms with Gasteiger partial charge in [0.25, 0.3) is 0 Å². The number of carboxylic acids is 1. The number of primary amides is 2. The number of nitrogens with zero attached hydrogens (tertiary/aromatic N) is 1. The molecular weight excluding hydrogens is 250 g/mol. The summed E-state index contributed by atoms with van der Waals surface area (Å²) in [4.78, 5) is 34.4. The van der Waals surface area contributed by atoms with Crippen LogP contribution in [0.1, 0.15) is 15.9 Å². The summed E-state index contributed by atoms with van der Waals surface area (Å²) < 4.78 is 0. The number of hydrogen-bond acceptors (Lipinski definition) is 4. The summed E-state index contributed by atoms with van der Waals surface area (Å²) in [7, 11) is 0. The Morgan fingerprint density at radius 2 is 1.68 bits per heavy atom. The first-order valence-corrected chi connectivity index (χ1v) is 5.46. The molecule has 0 aliphatic rings. The van der Waals surface area contributed by atoms with Gasteiger partial charge in [-0.1, -0.05) is 6.07 Å². The average molecular weight is 265 g/mol. The lowest BCUT2D eigenvalue weighted by Gasteiger charge is -2.23. The van der Waals surface area contributed by atoms with Gasteiger partial charge in [-0.3, -0.25) is 9.59 Å². The SMILES string of the molecule is Cc1ccc(C(=O)O)c(N(CC(N)=O)CC(N)=O)c1. The summed E-state index contributed by atoms with van der Waals surface area (Å²) in [6, 6.07) is 4.59. The van der Waals surface area contributed by atoms with Crippen LogP contribution in [0.3, 0.4) is 0 Å². The Balaban J connectivity index is 3.26. The summed E-state index contributed by atoms with van der Waals surface area (Å²) in [5.74, 6) is -2.52. The molecule has 0 aromatic heterocycles. The van der Waals surface area contributed by atoms with Crippen molar-refractivity contribution in [2.45, 2.75) is 6.92 Å². The van der Waals surface area contributed by atoms with Crippen LogP contribution in [0.5, 0.6) is 0 Å². The van der Waals surface area contributed by atoms with Crippen molar-refractivity contribution in [1.29, 1.82) is 0 Å². The maximum atomic E-state index is 11.2. The predicted octanol–water partition coefficient (Wildman–Crippen LogP) is -0.530. The molecule has 0 fully saturated rings. The number of carbonyl (C=O) groups is 3. The summed E-state index contributed by atoms with van der Waals surface area (Å²) in [6.07, 6.45) is 0. The zero-order chi connectivity index (χ0) is 14.6. The Hall–Kier alpha value is -2.57. The maximum absolute atomic E-state index is 11.2. The van der Waals surface area contributed by atoms with Crippen molar-refractivity contribution in [3.05, 3.63) is 29.3 Å². The van der Waals surface area contributed by atoms with Crippen LogP contribution in [0.25, 0.3) is 0 Å².